The molecule has 0 aromatic heterocycles. The van der Waals surface area contributed by atoms with Crippen LogP contribution in [0.15, 0.2) is 18.2 Å². The Morgan fingerprint density at radius 1 is 1.35 bits per heavy atom. The number of ether oxygens (including phenoxy) is 2. The zero-order valence-corrected chi connectivity index (χ0v) is 14.2. The minimum atomic E-state index is -0.334. The Morgan fingerprint density at radius 2 is 2.17 bits per heavy atom. The van der Waals surface area contributed by atoms with Crippen molar-refractivity contribution in [3.63, 3.8) is 0 Å². The van der Waals surface area contributed by atoms with Crippen LogP contribution in [0.1, 0.15) is 31.2 Å². The first-order valence-electron chi connectivity index (χ1n) is 8.27. The number of methoxy groups -OCH3 is 2. The van der Waals surface area contributed by atoms with Crippen LogP contribution in [0.5, 0.6) is 5.75 Å². The molecule has 1 aliphatic rings. The highest BCUT2D eigenvalue weighted by Crippen LogP contribution is 2.35. The van der Waals surface area contributed by atoms with Crippen LogP contribution in [0.4, 0.5) is 4.39 Å². The fraction of sp³-hybridized carbons (Fsp3) is 0.667. The number of benzene rings is 1. The molecule has 1 aromatic rings. The highest BCUT2D eigenvalue weighted by Gasteiger charge is 2.34. The van der Waals surface area contributed by atoms with Crippen molar-refractivity contribution in [2.24, 2.45) is 5.41 Å². The molecule has 1 unspecified atom stereocenters. The molecule has 0 amide bonds. The number of hydrogen-bond donors (Lipinski definition) is 1. The second kappa shape index (κ2) is 8.62. The molecule has 0 saturated carbocycles. The highest BCUT2D eigenvalue weighted by molar-refractivity contribution is 5.30. The zero-order chi connectivity index (χ0) is 16.7. The average Bonchev–Trinajstić information content (AvgIpc) is 2.57. The summed E-state index contributed by atoms with van der Waals surface area (Å²) in [4.78, 5) is 2.35. The third kappa shape index (κ3) is 4.90. The Morgan fingerprint density at radius 3 is 2.87 bits per heavy atom. The van der Waals surface area contributed by atoms with E-state index in [1.165, 1.54) is 13.2 Å². The molecule has 1 fully saturated rings. The molecule has 0 aliphatic carbocycles. The molecule has 23 heavy (non-hydrogen) atoms. The Balaban J connectivity index is 1.99. The molecule has 1 saturated heterocycles. The van der Waals surface area contributed by atoms with Crippen LogP contribution in [-0.4, -0.2) is 50.5 Å². The summed E-state index contributed by atoms with van der Waals surface area (Å²) in [6, 6.07) is 5.02. The van der Waals surface area contributed by atoms with E-state index in [0.29, 0.717) is 0 Å². The molecule has 1 aromatic carbocycles. The van der Waals surface area contributed by atoms with E-state index in [4.69, 9.17) is 9.47 Å². The smallest absolute Gasteiger partial charge is 0.165 e. The maximum Gasteiger partial charge on any atom is 0.165 e. The monoisotopic (exact) mass is 325 g/mol. The summed E-state index contributed by atoms with van der Waals surface area (Å²) in [5.41, 5.74) is 0.995. The lowest BCUT2D eigenvalue weighted by Crippen LogP contribution is -2.45. The lowest BCUT2D eigenvalue weighted by atomic mass is 9.77. The lowest BCUT2D eigenvalue weighted by molar-refractivity contribution is 0.0158. The first kappa shape index (κ1) is 18.2. The van der Waals surface area contributed by atoms with E-state index in [1.54, 1.807) is 19.2 Å². The number of hydrogen-bond acceptors (Lipinski definition) is 4. The van der Waals surface area contributed by atoms with Crippen molar-refractivity contribution in [2.45, 2.75) is 32.2 Å². The third-order valence-corrected chi connectivity index (χ3v) is 4.75. The predicted octanol–water partition coefficient (Wildman–Crippen LogP) is 2.84. The third-order valence-electron chi connectivity index (χ3n) is 4.75. The average molecular weight is 325 g/mol. The number of piperidine rings is 1. The van der Waals surface area contributed by atoms with Crippen LogP contribution in [0.25, 0.3) is 0 Å². The molecule has 4 nitrogen and oxygen atoms in total. The number of aliphatic hydroxyl groups excluding tert-OH is 1. The first-order chi connectivity index (χ1) is 11.1. The molecule has 1 atom stereocenters. The maximum atomic E-state index is 13.5. The second-order valence-corrected chi connectivity index (χ2v) is 6.54. The molecule has 1 aliphatic heterocycles. The fourth-order valence-electron chi connectivity index (χ4n) is 3.51. The Kier molecular flexibility index (Phi) is 6.81. The molecule has 1 N–H and O–H groups in total. The van der Waals surface area contributed by atoms with Crippen LogP contribution in [0, 0.1) is 11.2 Å². The van der Waals surface area contributed by atoms with Gasteiger partial charge in [0.25, 0.3) is 0 Å². The van der Waals surface area contributed by atoms with Gasteiger partial charge in [-0.25, -0.2) is 4.39 Å². The zero-order valence-electron chi connectivity index (χ0n) is 14.2. The molecule has 2 rings (SSSR count). The summed E-state index contributed by atoms with van der Waals surface area (Å²) in [5, 5.41) is 9.91. The van der Waals surface area contributed by atoms with Gasteiger partial charge < -0.3 is 14.6 Å². The van der Waals surface area contributed by atoms with Crippen LogP contribution >= 0.6 is 0 Å². The Bertz CT molecular complexity index is 497. The number of nitrogens with zero attached hydrogens (tertiary/aromatic N) is 1. The van der Waals surface area contributed by atoms with E-state index < -0.39 is 0 Å². The second-order valence-electron chi connectivity index (χ2n) is 6.54. The molecule has 0 bridgehead atoms. The largest absolute Gasteiger partial charge is 0.494 e. The van der Waals surface area contributed by atoms with E-state index in [1.807, 2.05) is 0 Å². The maximum absolute atomic E-state index is 13.5. The molecule has 0 radical (unpaired) electrons. The van der Waals surface area contributed by atoms with Gasteiger partial charge in [0.15, 0.2) is 11.6 Å². The molecule has 1 heterocycles. The normalized spacial score (nSPS) is 22.3. The van der Waals surface area contributed by atoms with Crippen molar-refractivity contribution in [3.8, 4) is 5.75 Å². The van der Waals surface area contributed by atoms with Crippen molar-refractivity contribution < 1.29 is 19.0 Å². The summed E-state index contributed by atoms with van der Waals surface area (Å²) in [5.74, 6) is -0.0489. The van der Waals surface area contributed by atoms with Crippen LogP contribution < -0.4 is 4.74 Å². The number of likely N-dealkylation sites (tertiary alicyclic amines) is 1. The van der Waals surface area contributed by atoms with Gasteiger partial charge in [-0.05, 0) is 49.9 Å². The van der Waals surface area contributed by atoms with Gasteiger partial charge in [0.2, 0.25) is 0 Å². The van der Waals surface area contributed by atoms with Gasteiger partial charge in [0.05, 0.1) is 7.11 Å². The minimum absolute atomic E-state index is 0.0408. The van der Waals surface area contributed by atoms with Gasteiger partial charge in [0.1, 0.15) is 0 Å². The van der Waals surface area contributed by atoms with E-state index in [-0.39, 0.29) is 23.6 Å². The van der Waals surface area contributed by atoms with Crippen molar-refractivity contribution in [3.05, 3.63) is 29.6 Å². The summed E-state index contributed by atoms with van der Waals surface area (Å²) in [7, 11) is 3.19. The van der Waals surface area contributed by atoms with Crippen molar-refractivity contribution in [2.75, 3.05) is 40.5 Å². The Hall–Kier alpha value is -1.17. The lowest BCUT2D eigenvalue weighted by Gasteiger charge is -2.42. The van der Waals surface area contributed by atoms with Crippen molar-refractivity contribution >= 4 is 0 Å². The fourth-order valence-corrected chi connectivity index (χ4v) is 3.51. The summed E-state index contributed by atoms with van der Waals surface area (Å²) >= 11 is 0. The van der Waals surface area contributed by atoms with E-state index in [9.17, 15) is 9.50 Å². The molecular weight excluding hydrogens is 297 g/mol. The van der Waals surface area contributed by atoms with E-state index >= 15 is 0 Å². The predicted molar refractivity (Wildman–Crippen MR) is 88.1 cm³/mol. The molecule has 0 spiro atoms. The van der Waals surface area contributed by atoms with Crippen LogP contribution in [0.2, 0.25) is 0 Å². The van der Waals surface area contributed by atoms with Crippen molar-refractivity contribution in [1.29, 1.82) is 0 Å². The van der Waals surface area contributed by atoms with Gasteiger partial charge in [-0.15, -0.1) is 0 Å². The van der Waals surface area contributed by atoms with E-state index in [0.717, 1.165) is 57.5 Å². The van der Waals surface area contributed by atoms with Gasteiger partial charge in [0, 0.05) is 38.8 Å². The van der Waals surface area contributed by atoms with E-state index in [2.05, 4.69) is 4.90 Å². The summed E-state index contributed by atoms with van der Waals surface area (Å²) < 4.78 is 23.7. The van der Waals surface area contributed by atoms with Gasteiger partial charge in [-0.1, -0.05) is 6.07 Å². The summed E-state index contributed by atoms with van der Waals surface area (Å²) in [6.07, 6.45) is 4.07. The van der Waals surface area contributed by atoms with Crippen LogP contribution in [0.3, 0.4) is 0 Å². The van der Waals surface area contributed by atoms with Gasteiger partial charge in [-0.2, -0.15) is 0 Å². The molecule has 130 valence electrons. The van der Waals surface area contributed by atoms with Gasteiger partial charge >= 0.3 is 0 Å². The quantitative estimate of drug-likeness (QED) is 0.746. The number of rotatable bonds is 8. The molecular formula is C18H28FNO3. The highest BCUT2D eigenvalue weighted by atomic mass is 19.1. The number of halogens is 1. The standard InChI is InChI=1S/C18H28FNO3/c1-22-10-4-8-18(14-21)7-3-9-20(13-18)12-15-5-6-16(19)17(11-15)23-2/h5-6,11,21H,3-4,7-10,12-14H2,1-2H3. The summed E-state index contributed by atoms with van der Waals surface area (Å²) in [6.45, 7) is 3.57. The molecule has 5 heteroatoms. The van der Waals surface area contributed by atoms with Crippen LogP contribution in [-0.2, 0) is 11.3 Å². The van der Waals surface area contributed by atoms with Crippen molar-refractivity contribution in [1.82, 2.24) is 4.90 Å². The topological polar surface area (TPSA) is 41.9 Å². The van der Waals surface area contributed by atoms with Gasteiger partial charge in [-0.3, -0.25) is 4.90 Å². The SMILES string of the molecule is COCCCC1(CO)CCCN(Cc2ccc(F)c(OC)c2)C1. The minimum Gasteiger partial charge on any atom is -0.494 e. The Labute approximate surface area is 138 Å². The number of aliphatic hydroxyl groups is 1. The first-order valence-corrected chi connectivity index (χ1v) is 8.27.